The van der Waals surface area contributed by atoms with E-state index in [1.165, 1.54) is 23.5 Å². The van der Waals surface area contributed by atoms with Gasteiger partial charge in [-0.25, -0.2) is 9.78 Å². The number of nitrogens with one attached hydrogen (secondary N) is 2. The maximum Gasteiger partial charge on any atom is 0.361 e. The largest absolute Gasteiger partial charge is 0.461 e. The first kappa shape index (κ1) is 20.0. The first-order valence-corrected chi connectivity index (χ1v) is 9.48. The number of hydrogen-bond acceptors (Lipinski definition) is 9. The molecule has 0 aliphatic heterocycles. The summed E-state index contributed by atoms with van der Waals surface area (Å²) in [7, 11) is 0. The molecule has 29 heavy (non-hydrogen) atoms. The minimum atomic E-state index is -0.685. The summed E-state index contributed by atoms with van der Waals surface area (Å²) < 4.78 is 5.05. The summed E-state index contributed by atoms with van der Waals surface area (Å²) in [5.74, 6) is -0.685. The van der Waals surface area contributed by atoms with Crippen molar-refractivity contribution < 1.29 is 14.5 Å². The summed E-state index contributed by atoms with van der Waals surface area (Å²) in [5, 5.41) is 20.6. The third kappa shape index (κ3) is 5.14. The topological polar surface area (TPSA) is 119 Å². The van der Waals surface area contributed by atoms with Crippen molar-refractivity contribution >= 4 is 45.2 Å². The van der Waals surface area contributed by atoms with Gasteiger partial charge in [0.05, 0.1) is 11.5 Å². The molecule has 0 bridgehead atoms. The second-order valence-corrected chi connectivity index (χ2v) is 6.45. The van der Waals surface area contributed by atoms with Crippen LogP contribution in [-0.4, -0.2) is 28.2 Å². The summed E-state index contributed by atoms with van der Waals surface area (Å²) >= 11 is 1.29. The van der Waals surface area contributed by atoms with Crippen LogP contribution in [0.2, 0.25) is 0 Å². The van der Waals surface area contributed by atoms with Gasteiger partial charge in [0, 0.05) is 17.1 Å². The van der Waals surface area contributed by atoms with Gasteiger partial charge in [0.25, 0.3) is 5.69 Å². The van der Waals surface area contributed by atoms with Crippen molar-refractivity contribution in [1.29, 1.82) is 0 Å². The van der Waals surface area contributed by atoms with Crippen LogP contribution in [0, 0.1) is 10.1 Å². The van der Waals surface area contributed by atoms with Gasteiger partial charge in [-0.05, 0) is 25.1 Å². The Morgan fingerprint density at radius 2 is 1.93 bits per heavy atom. The van der Waals surface area contributed by atoms with E-state index in [9.17, 15) is 14.9 Å². The molecule has 0 unspecified atom stereocenters. The zero-order valence-electron chi connectivity index (χ0n) is 15.4. The molecule has 0 aliphatic rings. The van der Waals surface area contributed by atoms with Gasteiger partial charge in [0.1, 0.15) is 11.4 Å². The summed E-state index contributed by atoms with van der Waals surface area (Å²) in [5.41, 5.74) is 3.63. The van der Waals surface area contributed by atoms with Crippen LogP contribution >= 0.6 is 11.3 Å². The number of carbonyl (C=O) groups is 1. The average molecular weight is 411 g/mol. The Morgan fingerprint density at radius 1 is 1.21 bits per heavy atom. The molecule has 148 valence electrons. The Hall–Kier alpha value is -3.79. The molecule has 0 atom stereocenters. The minimum absolute atomic E-state index is 0.0811. The number of nitro groups is 1. The number of aromatic nitrogens is 1. The lowest BCUT2D eigenvalue weighted by Gasteiger charge is -2.06. The van der Waals surface area contributed by atoms with Gasteiger partial charge >= 0.3 is 5.97 Å². The molecule has 0 fully saturated rings. The summed E-state index contributed by atoms with van der Waals surface area (Å²) in [6.45, 7) is 1.83. The zero-order chi connectivity index (χ0) is 20.6. The molecular weight excluding hydrogens is 394 g/mol. The summed E-state index contributed by atoms with van der Waals surface area (Å²) in [6.07, 6.45) is 0. The summed E-state index contributed by atoms with van der Waals surface area (Å²) in [6, 6.07) is 15.5. The number of benzene rings is 2. The molecule has 0 amide bonds. The highest BCUT2D eigenvalue weighted by atomic mass is 32.1. The molecule has 0 saturated carbocycles. The number of para-hydroxylation sites is 3. The quantitative estimate of drug-likeness (QED) is 0.247. The molecule has 3 aromatic rings. The average Bonchev–Trinajstić information content (AvgIpc) is 3.17. The van der Waals surface area contributed by atoms with E-state index < -0.39 is 10.9 Å². The first-order chi connectivity index (χ1) is 14.1. The zero-order valence-corrected chi connectivity index (χ0v) is 16.2. The van der Waals surface area contributed by atoms with Crippen LogP contribution in [0.5, 0.6) is 0 Å². The first-order valence-electron chi connectivity index (χ1n) is 8.60. The van der Waals surface area contributed by atoms with Crippen LogP contribution < -0.4 is 10.7 Å². The fourth-order valence-corrected chi connectivity index (χ4v) is 3.05. The molecule has 10 heteroatoms. The number of ether oxygens (including phenoxy) is 1. The predicted molar refractivity (Wildman–Crippen MR) is 112 cm³/mol. The van der Waals surface area contributed by atoms with E-state index in [1.807, 2.05) is 30.3 Å². The Balaban J connectivity index is 1.87. The predicted octanol–water partition coefficient (Wildman–Crippen LogP) is 4.17. The van der Waals surface area contributed by atoms with Crippen LogP contribution in [0.15, 0.2) is 65.1 Å². The molecule has 0 radical (unpaired) electrons. The molecule has 1 heterocycles. The van der Waals surface area contributed by atoms with Crippen molar-refractivity contribution in [2.75, 3.05) is 17.3 Å². The van der Waals surface area contributed by atoms with Crippen molar-refractivity contribution in [2.45, 2.75) is 6.92 Å². The van der Waals surface area contributed by atoms with Crippen LogP contribution in [-0.2, 0) is 9.53 Å². The number of esters is 1. The maximum atomic E-state index is 12.4. The van der Waals surface area contributed by atoms with Gasteiger partial charge in [0.2, 0.25) is 0 Å². The number of hydrazone groups is 1. The smallest absolute Gasteiger partial charge is 0.361 e. The maximum absolute atomic E-state index is 12.4. The molecule has 0 saturated heterocycles. The number of hydrogen-bond donors (Lipinski definition) is 2. The van der Waals surface area contributed by atoms with Crippen LogP contribution in [0.3, 0.4) is 0 Å². The lowest BCUT2D eigenvalue weighted by Crippen LogP contribution is -2.20. The molecular formula is C19H17N5O4S. The third-order valence-electron chi connectivity index (χ3n) is 3.63. The lowest BCUT2D eigenvalue weighted by atomic mass is 10.3. The highest BCUT2D eigenvalue weighted by molar-refractivity contribution is 7.14. The number of thiazole rings is 1. The minimum Gasteiger partial charge on any atom is -0.461 e. The van der Waals surface area contributed by atoms with Crippen molar-refractivity contribution in [1.82, 2.24) is 4.98 Å². The Bertz CT molecular complexity index is 1040. The fourth-order valence-electron chi connectivity index (χ4n) is 2.34. The van der Waals surface area contributed by atoms with Crippen LogP contribution in [0.1, 0.15) is 12.6 Å². The van der Waals surface area contributed by atoms with Gasteiger partial charge in [-0.1, -0.05) is 30.3 Å². The van der Waals surface area contributed by atoms with Gasteiger partial charge in [-0.3, -0.25) is 15.5 Å². The lowest BCUT2D eigenvalue weighted by molar-refractivity contribution is -0.384. The van der Waals surface area contributed by atoms with E-state index in [0.29, 0.717) is 5.13 Å². The SMILES string of the molecule is CCOC(=O)/C(=N\Nc1ccccc1[N+](=O)[O-])c1csc(Nc2ccccc2)n1. The third-order valence-corrected chi connectivity index (χ3v) is 4.39. The second kappa shape index (κ2) is 9.42. The molecule has 2 N–H and O–H groups in total. The van der Waals surface area contributed by atoms with Gasteiger partial charge in [-0.2, -0.15) is 5.10 Å². The Kier molecular flexibility index (Phi) is 6.48. The van der Waals surface area contributed by atoms with Crippen LogP contribution in [0.25, 0.3) is 0 Å². The van der Waals surface area contributed by atoms with E-state index in [2.05, 4.69) is 20.8 Å². The van der Waals surface area contributed by atoms with E-state index in [4.69, 9.17) is 4.74 Å². The molecule has 9 nitrogen and oxygen atoms in total. The van der Waals surface area contributed by atoms with E-state index in [-0.39, 0.29) is 29.4 Å². The number of anilines is 3. The molecule has 1 aromatic heterocycles. The monoisotopic (exact) mass is 411 g/mol. The van der Waals surface area contributed by atoms with Crippen LogP contribution in [0.4, 0.5) is 22.2 Å². The standard InChI is InChI=1S/C19H17N5O4S/c1-2-28-18(25)17(23-22-14-10-6-7-11-16(14)24(26)27)15-12-29-19(21-15)20-13-8-4-3-5-9-13/h3-12,22H,2H2,1H3,(H,20,21)/b23-17-. The molecule has 0 spiro atoms. The molecule has 0 aliphatic carbocycles. The number of nitrogens with zero attached hydrogens (tertiary/aromatic N) is 3. The van der Waals surface area contributed by atoms with Crippen molar-refractivity contribution in [3.05, 3.63) is 75.8 Å². The fraction of sp³-hybridized carbons (Fsp3) is 0.105. The Labute approximate surface area is 170 Å². The highest BCUT2D eigenvalue weighted by Gasteiger charge is 2.20. The number of carbonyl (C=O) groups excluding carboxylic acids is 1. The van der Waals surface area contributed by atoms with Gasteiger partial charge < -0.3 is 10.1 Å². The molecule has 3 rings (SSSR count). The highest BCUT2D eigenvalue weighted by Crippen LogP contribution is 2.24. The van der Waals surface area contributed by atoms with E-state index in [0.717, 1.165) is 5.69 Å². The number of rotatable bonds is 8. The van der Waals surface area contributed by atoms with E-state index in [1.54, 1.807) is 24.4 Å². The van der Waals surface area contributed by atoms with Gasteiger partial charge in [-0.15, -0.1) is 11.3 Å². The summed E-state index contributed by atoms with van der Waals surface area (Å²) in [4.78, 5) is 27.4. The van der Waals surface area contributed by atoms with Gasteiger partial charge in [0.15, 0.2) is 10.8 Å². The van der Waals surface area contributed by atoms with E-state index >= 15 is 0 Å². The molecule has 2 aromatic carbocycles. The van der Waals surface area contributed by atoms with Crippen molar-refractivity contribution in [3.8, 4) is 0 Å². The van der Waals surface area contributed by atoms with Crippen molar-refractivity contribution in [2.24, 2.45) is 5.10 Å². The number of nitro benzene ring substituents is 1. The normalized spacial score (nSPS) is 11.0. The second-order valence-electron chi connectivity index (χ2n) is 5.60. The Morgan fingerprint density at radius 3 is 2.66 bits per heavy atom. The van der Waals surface area contributed by atoms with Crippen molar-refractivity contribution in [3.63, 3.8) is 0 Å².